The van der Waals surface area contributed by atoms with Gasteiger partial charge in [-0.3, -0.25) is 4.98 Å². The van der Waals surface area contributed by atoms with Crippen molar-refractivity contribution in [1.29, 1.82) is 0 Å². The molecule has 0 radical (unpaired) electrons. The van der Waals surface area contributed by atoms with Crippen molar-refractivity contribution in [3.05, 3.63) is 65.4 Å². The number of hydrogen-bond acceptors (Lipinski definition) is 2. The Morgan fingerprint density at radius 1 is 0.769 bits per heavy atom. The zero-order valence-electron chi connectivity index (χ0n) is 13.3. The number of fused-ring (bicyclic) bond motifs is 1. The fourth-order valence-corrected chi connectivity index (χ4v) is 2.54. The lowest BCUT2D eigenvalue weighted by Crippen LogP contribution is -2.05. The molecule has 1 heterocycles. The summed E-state index contributed by atoms with van der Waals surface area (Å²) in [6.07, 6.45) is -8.92. The molecule has 1 aromatic heterocycles. The molecular weight excluding hydrogens is 358 g/mol. The third-order valence-electron chi connectivity index (χ3n) is 3.76. The van der Waals surface area contributed by atoms with E-state index < -0.39 is 23.5 Å². The number of hydrogen-bond donors (Lipinski definition) is 1. The van der Waals surface area contributed by atoms with E-state index in [0.29, 0.717) is 22.5 Å². The highest BCUT2D eigenvalue weighted by molar-refractivity contribution is 5.93. The lowest BCUT2D eigenvalue weighted by molar-refractivity contribution is -0.138. The van der Waals surface area contributed by atoms with Gasteiger partial charge in [0, 0.05) is 22.5 Å². The Morgan fingerprint density at radius 2 is 1.35 bits per heavy atom. The minimum Gasteiger partial charge on any atom is -0.355 e. The van der Waals surface area contributed by atoms with Gasteiger partial charge < -0.3 is 5.32 Å². The molecule has 0 unspecified atom stereocenters. The Morgan fingerprint density at radius 3 is 1.92 bits per heavy atom. The second-order valence-corrected chi connectivity index (χ2v) is 5.74. The number of aromatic nitrogens is 1. The van der Waals surface area contributed by atoms with Crippen LogP contribution in [0.2, 0.25) is 0 Å². The Labute approximate surface area is 144 Å². The van der Waals surface area contributed by atoms with Gasteiger partial charge in [-0.1, -0.05) is 6.07 Å². The van der Waals surface area contributed by atoms with E-state index in [9.17, 15) is 26.3 Å². The molecule has 2 aromatic carbocycles. The van der Waals surface area contributed by atoms with Gasteiger partial charge in [0.15, 0.2) is 0 Å². The Kier molecular flexibility index (Phi) is 4.29. The van der Waals surface area contributed by atoms with Crippen LogP contribution in [-0.2, 0) is 12.4 Å². The summed E-state index contributed by atoms with van der Waals surface area (Å²) < 4.78 is 76.5. The highest BCUT2D eigenvalue weighted by Crippen LogP contribution is 2.34. The first kappa shape index (κ1) is 18.0. The summed E-state index contributed by atoms with van der Waals surface area (Å²) in [5.74, 6) is 0. The molecule has 0 atom stereocenters. The molecule has 0 aliphatic heterocycles. The minimum atomic E-state index is -4.49. The summed E-state index contributed by atoms with van der Waals surface area (Å²) in [6.45, 7) is 1.62. The molecule has 0 aliphatic carbocycles. The van der Waals surface area contributed by atoms with Crippen molar-refractivity contribution in [3.8, 4) is 0 Å². The number of halogens is 6. The van der Waals surface area contributed by atoms with Gasteiger partial charge in [-0.15, -0.1) is 0 Å². The number of nitrogens with zero attached hydrogens (tertiary/aromatic N) is 1. The van der Waals surface area contributed by atoms with E-state index in [2.05, 4.69) is 10.3 Å². The predicted octanol–water partition coefficient (Wildman–Crippen LogP) is 6.32. The Bertz CT molecular complexity index is 943. The number of pyridine rings is 1. The van der Waals surface area contributed by atoms with Gasteiger partial charge in [0.1, 0.15) is 0 Å². The van der Waals surface area contributed by atoms with Gasteiger partial charge in [-0.2, -0.15) is 26.3 Å². The van der Waals surface area contributed by atoms with Gasteiger partial charge in [-0.25, -0.2) is 0 Å². The van der Waals surface area contributed by atoms with E-state index in [4.69, 9.17) is 0 Å². The largest absolute Gasteiger partial charge is 0.416 e. The first-order chi connectivity index (χ1) is 12.0. The van der Waals surface area contributed by atoms with Crippen molar-refractivity contribution in [2.75, 3.05) is 5.32 Å². The SMILES string of the molecule is Cc1cc(Nc2ccc(C(F)(F)F)cc2)c2ccc(C(F)(F)F)cc2n1. The number of benzene rings is 2. The summed E-state index contributed by atoms with van der Waals surface area (Å²) in [7, 11) is 0. The molecule has 26 heavy (non-hydrogen) atoms. The van der Waals surface area contributed by atoms with E-state index in [1.807, 2.05) is 0 Å². The highest BCUT2D eigenvalue weighted by Gasteiger charge is 2.31. The molecule has 8 heteroatoms. The van der Waals surface area contributed by atoms with Crippen molar-refractivity contribution < 1.29 is 26.3 Å². The molecule has 0 bridgehead atoms. The topological polar surface area (TPSA) is 24.9 Å². The average molecular weight is 370 g/mol. The average Bonchev–Trinajstić information content (AvgIpc) is 2.53. The lowest BCUT2D eigenvalue weighted by atomic mass is 10.1. The van der Waals surface area contributed by atoms with Crippen LogP contribution < -0.4 is 5.32 Å². The predicted molar refractivity (Wildman–Crippen MR) is 86.2 cm³/mol. The molecule has 136 valence electrons. The highest BCUT2D eigenvalue weighted by atomic mass is 19.4. The van der Waals surface area contributed by atoms with Crippen molar-refractivity contribution in [2.45, 2.75) is 19.3 Å². The monoisotopic (exact) mass is 370 g/mol. The summed E-state index contributed by atoms with van der Waals surface area (Å²) >= 11 is 0. The number of anilines is 2. The summed E-state index contributed by atoms with van der Waals surface area (Å²) in [5, 5.41) is 3.37. The van der Waals surface area contributed by atoms with E-state index >= 15 is 0 Å². The van der Waals surface area contributed by atoms with E-state index in [1.54, 1.807) is 13.0 Å². The molecular formula is C18H12F6N2. The molecule has 0 fully saturated rings. The lowest BCUT2D eigenvalue weighted by Gasteiger charge is -2.14. The fraction of sp³-hybridized carbons (Fsp3) is 0.167. The molecule has 3 rings (SSSR count). The normalized spacial score (nSPS) is 12.4. The van der Waals surface area contributed by atoms with Crippen LogP contribution in [0.15, 0.2) is 48.5 Å². The second kappa shape index (κ2) is 6.19. The molecule has 0 amide bonds. The van der Waals surface area contributed by atoms with E-state index in [-0.39, 0.29) is 5.52 Å². The summed E-state index contributed by atoms with van der Waals surface area (Å²) in [5.41, 5.74) is -0.136. The smallest absolute Gasteiger partial charge is 0.355 e. The molecule has 1 N–H and O–H groups in total. The molecule has 0 saturated heterocycles. The molecule has 0 spiro atoms. The fourth-order valence-electron chi connectivity index (χ4n) is 2.54. The van der Waals surface area contributed by atoms with Crippen LogP contribution in [-0.4, -0.2) is 4.98 Å². The number of alkyl halides is 6. The van der Waals surface area contributed by atoms with Crippen molar-refractivity contribution in [1.82, 2.24) is 4.98 Å². The maximum atomic E-state index is 12.9. The van der Waals surface area contributed by atoms with Crippen LogP contribution in [0.25, 0.3) is 10.9 Å². The first-order valence-electron chi connectivity index (χ1n) is 7.47. The molecule has 0 saturated carbocycles. The summed E-state index contributed by atoms with van der Waals surface area (Å²) in [6, 6.07) is 9.17. The van der Waals surface area contributed by atoms with Gasteiger partial charge in [0.25, 0.3) is 0 Å². The molecule has 2 nitrogen and oxygen atoms in total. The van der Waals surface area contributed by atoms with Crippen LogP contribution in [0.4, 0.5) is 37.7 Å². The quantitative estimate of drug-likeness (QED) is 0.534. The van der Waals surface area contributed by atoms with Crippen LogP contribution >= 0.6 is 0 Å². The third kappa shape index (κ3) is 3.74. The Balaban J connectivity index is 2.00. The first-order valence-corrected chi connectivity index (χ1v) is 7.47. The molecule has 0 aliphatic rings. The van der Waals surface area contributed by atoms with Gasteiger partial charge >= 0.3 is 12.4 Å². The van der Waals surface area contributed by atoms with Crippen molar-refractivity contribution >= 4 is 22.3 Å². The molecule has 3 aromatic rings. The van der Waals surface area contributed by atoms with Gasteiger partial charge in [-0.05, 0) is 49.4 Å². The van der Waals surface area contributed by atoms with E-state index in [1.165, 1.54) is 18.2 Å². The standard InChI is InChI=1S/C18H12F6N2/c1-10-8-15(26-13-5-2-11(3-6-13)17(19,20)21)14-7-4-12(18(22,23)24)9-16(14)25-10/h2-9H,1H3,(H,25,26). The van der Waals surface area contributed by atoms with Crippen molar-refractivity contribution in [2.24, 2.45) is 0 Å². The zero-order chi connectivity index (χ0) is 19.1. The van der Waals surface area contributed by atoms with Crippen LogP contribution in [0, 0.1) is 6.92 Å². The van der Waals surface area contributed by atoms with Gasteiger partial charge in [0.05, 0.1) is 16.6 Å². The maximum Gasteiger partial charge on any atom is 0.416 e. The second-order valence-electron chi connectivity index (χ2n) is 5.74. The number of aryl methyl sites for hydroxylation is 1. The van der Waals surface area contributed by atoms with Gasteiger partial charge in [0.2, 0.25) is 0 Å². The number of nitrogens with one attached hydrogen (secondary N) is 1. The third-order valence-corrected chi connectivity index (χ3v) is 3.76. The van der Waals surface area contributed by atoms with Crippen LogP contribution in [0.1, 0.15) is 16.8 Å². The number of rotatable bonds is 2. The Hall–Kier alpha value is -2.77. The van der Waals surface area contributed by atoms with Crippen LogP contribution in [0.3, 0.4) is 0 Å². The minimum absolute atomic E-state index is 0.147. The van der Waals surface area contributed by atoms with E-state index in [0.717, 1.165) is 24.3 Å². The van der Waals surface area contributed by atoms with Crippen LogP contribution in [0.5, 0.6) is 0 Å². The van der Waals surface area contributed by atoms with Crippen molar-refractivity contribution in [3.63, 3.8) is 0 Å². The summed E-state index contributed by atoms with van der Waals surface area (Å²) in [4.78, 5) is 4.11. The maximum absolute atomic E-state index is 12.9. The zero-order valence-corrected chi connectivity index (χ0v) is 13.3.